The molecule has 1 unspecified atom stereocenters. The van der Waals surface area contributed by atoms with Gasteiger partial charge in [-0.2, -0.15) is 0 Å². The third kappa shape index (κ3) is 6.00. The van der Waals surface area contributed by atoms with Crippen LogP contribution in [0.2, 0.25) is 0 Å². The smallest absolute Gasteiger partial charge is 0.408 e. The van der Waals surface area contributed by atoms with Gasteiger partial charge in [0.05, 0.1) is 17.6 Å². The number of H-pyrrole nitrogens is 1. The van der Waals surface area contributed by atoms with E-state index >= 15 is 0 Å². The summed E-state index contributed by atoms with van der Waals surface area (Å²) >= 11 is 0. The van der Waals surface area contributed by atoms with Crippen molar-refractivity contribution >= 4 is 28.9 Å². The first-order valence-electron chi connectivity index (χ1n) is 11.6. The Balaban J connectivity index is 1.42. The Labute approximate surface area is 212 Å². The molecule has 10 nitrogen and oxygen atoms in total. The Morgan fingerprint density at radius 2 is 1.68 bits per heavy atom. The molecule has 1 aromatic heterocycles. The van der Waals surface area contributed by atoms with E-state index in [1.54, 1.807) is 42.5 Å². The molecule has 0 spiro atoms. The fraction of sp³-hybridized carbons (Fsp3) is 0.185. The summed E-state index contributed by atoms with van der Waals surface area (Å²) in [4.78, 5) is 45.7. The maximum atomic E-state index is 13.3. The van der Waals surface area contributed by atoms with Crippen molar-refractivity contribution in [1.82, 2.24) is 20.6 Å². The minimum absolute atomic E-state index is 0.0898. The molecule has 4 aromatic rings. The number of carboxylic acids is 1. The van der Waals surface area contributed by atoms with Gasteiger partial charge in [-0.15, -0.1) is 0 Å². The lowest BCUT2D eigenvalue weighted by atomic mass is 9.88. The summed E-state index contributed by atoms with van der Waals surface area (Å²) in [6, 6.07) is 23.1. The molecular formula is C27H27N5O5. The second kappa shape index (κ2) is 11.5. The topological polar surface area (TPSA) is 159 Å². The number of nitrogens with one attached hydrogen (secondary N) is 3. The maximum absolute atomic E-state index is 13.3. The molecule has 0 saturated carbocycles. The number of nitrogens with zero attached hydrogens (tertiary/aromatic N) is 1. The second-order valence-electron chi connectivity index (χ2n) is 8.44. The molecule has 1 heterocycles. The van der Waals surface area contributed by atoms with Gasteiger partial charge in [0.15, 0.2) is 0 Å². The van der Waals surface area contributed by atoms with Gasteiger partial charge in [0, 0.05) is 18.7 Å². The van der Waals surface area contributed by atoms with Gasteiger partial charge in [-0.05, 0) is 29.3 Å². The predicted octanol–water partition coefficient (Wildman–Crippen LogP) is 2.74. The van der Waals surface area contributed by atoms with E-state index in [2.05, 4.69) is 20.6 Å². The fourth-order valence-electron chi connectivity index (χ4n) is 3.86. The molecule has 0 fully saturated rings. The highest BCUT2D eigenvalue weighted by molar-refractivity contribution is 6.17. The quantitative estimate of drug-likeness (QED) is 0.155. The van der Waals surface area contributed by atoms with Gasteiger partial charge in [0.2, 0.25) is 11.3 Å². The monoisotopic (exact) mass is 501 g/mol. The average molecular weight is 502 g/mol. The highest BCUT2D eigenvalue weighted by Gasteiger charge is 2.47. The van der Waals surface area contributed by atoms with E-state index in [0.717, 1.165) is 22.4 Å². The third-order valence-corrected chi connectivity index (χ3v) is 5.84. The molecule has 0 aliphatic heterocycles. The van der Waals surface area contributed by atoms with E-state index in [4.69, 9.17) is 10.5 Å². The molecule has 190 valence electrons. The number of rotatable bonds is 11. The Morgan fingerprint density at radius 1 is 0.946 bits per heavy atom. The van der Waals surface area contributed by atoms with Crippen molar-refractivity contribution in [2.75, 3.05) is 6.54 Å². The number of alkyl carbamates (subject to hydrolysis) is 1. The Kier molecular flexibility index (Phi) is 7.92. The lowest BCUT2D eigenvalue weighted by molar-refractivity contribution is -0.142. The van der Waals surface area contributed by atoms with Crippen LogP contribution in [0.15, 0.2) is 78.9 Å². The molecule has 10 heteroatoms. The number of imidazole rings is 1. The number of carbonyl (C=O) groups excluding carboxylic acids is 2. The van der Waals surface area contributed by atoms with Gasteiger partial charge in [-0.3, -0.25) is 10.1 Å². The minimum Gasteiger partial charge on any atom is -0.479 e. The number of nitrogens with two attached hydrogens (primary N) is 1. The van der Waals surface area contributed by atoms with Crippen molar-refractivity contribution in [2.45, 2.75) is 25.2 Å². The van der Waals surface area contributed by atoms with Crippen molar-refractivity contribution in [3.05, 3.63) is 101 Å². The van der Waals surface area contributed by atoms with E-state index in [9.17, 15) is 19.5 Å². The largest absolute Gasteiger partial charge is 0.479 e. The van der Waals surface area contributed by atoms with Crippen LogP contribution in [0, 0.1) is 0 Å². The molecule has 0 bridgehead atoms. The van der Waals surface area contributed by atoms with Gasteiger partial charge in [-0.1, -0.05) is 60.7 Å². The summed E-state index contributed by atoms with van der Waals surface area (Å²) in [5, 5.41) is 15.3. The zero-order valence-electron chi connectivity index (χ0n) is 19.9. The van der Waals surface area contributed by atoms with Crippen molar-refractivity contribution < 1.29 is 24.2 Å². The van der Waals surface area contributed by atoms with Crippen LogP contribution in [-0.2, 0) is 29.2 Å². The van der Waals surface area contributed by atoms with Crippen LogP contribution in [0.25, 0.3) is 11.0 Å². The van der Waals surface area contributed by atoms with Crippen molar-refractivity contribution in [2.24, 2.45) is 5.73 Å². The Hall–Kier alpha value is -4.54. The number of Topliss-reactive ketones (excluding diaryl/α,β-unsaturated/α-hetero) is 1. The summed E-state index contributed by atoms with van der Waals surface area (Å²) in [5.41, 5.74) is 6.69. The second-order valence-corrected chi connectivity index (χ2v) is 8.44. The summed E-state index contributed by atoms with van der Waals surface area (Å²) in [5.74, 6) is -1.66. The molecule has 1 atom stereocenters. The number of aromatic nitrogens is 2. The Morgan fingerprint density at radius 3 is 2.41 bits per heavy atom. The summed E-state index contributed by atoms with van der Waals surface area (Å²) < 4.78 is 5.12. The van der Waals surface area contributed by atoms with Crippen molar-refractivity contribution in [3.8, 4) is 0 Å². The van der Waals surface area contributed by atoms with Crippen molar-refractivity contribution in [1.29, 1.82) is 0 Å². The average Bonchev–Trinajstić information content (AvgIpc) is 3.33. The number of carboxylic acid groups (broad SMARTS) is 1. The number of ketones is 1. The SMILES string of the molecule is NCC(NC(=O)OCc1ccccc1)(C(=O)O)C(=O)c1cccc(CNCc2nc3ccccc3[nH]2)c1. The molecule has 3 aromatic carbocycles. The summed E-state index contributed by atoms with van der Waals surface area (Å²) in [7, 11) is 0. The molecule has 0 saturated heterocycles. The lowest BCUT2D eigenvalue weighted by Gasteiger charge is -2.27. The summed E-state index contributed by atoms with van der Waals surface area (Å²) in [6.45, 7) is 0.112. The first-order chi connectivity index (χ1) is 17.9. The number of ether oxygens (including phenoxy) is 1. The van der Waals surface area contributed by atoms with Crippen LogP contribution in [0.5, 0.6) is 0 Å². The van der Waals surface area contributed by atoms with Gasteiger partial charge in [0.1, 0.15) is 12.4 Å². The maximum Gasteiger partial charge on any atom is 0.408 e. The minimum atomic E-state index is -2.38. The zero-order chi connectivity index (χ0) is 26.3. The lowest BCUT2D eigenvalue weighted by Crippen LogP contribution is -2.64. The van der Waals surface area contributed by atoms with Crippen LogP contribution in [0.1, 0.15) is 27.3 Å². The number of hydrogen-bond donors (Lipinski definition) is 5. The standard InChI is InChI=1S/C27H27N5O5/c28-17-27(25(34)35,32-26(36)37-16-18-7-2-1-3-8-18)24(33)20-10-6-9-19(13-20)14-29-15-23-30-21-11-4-5-12-22(21)31-23/h1-13,29H,14-17,28H2,(H,30,31)(H,32,36)(H,34,35). The molecule has 0 aliphatic carbocycles. The number of aromatic amines is 1. The third-order valence-electron chi connectivity index (χ3n) is 5.84. The number of carbonyl (C=O) groups is 3. The van der Waals surface area contributed by atoms with Crippen LogP contribution in [0.4, 0.5) is 4.79 Å². The van der Waals surface area contributed by atoms with E-state index in [-0.39, 0.29) is 12.2 Å². The normalized spacial score (nSPS) is 12.6. The van der Waals surface area contributed by atoms with Crippen LogP contribution < -0.4 is 16.4 Å². The van der Waals surface area contributed by atoms with E-state index in [1.807, 2.05) is 30.3 Å². The van der Waals surface area contributed by atoms with Gasteiger partial charge in [0.25, 0.3) is 0 Å². The fourth-order valence-corrected chi connectivity index (χ4v) is 3.86. The van der Waals surface area contributed by atoms with Crippen molar-refractivity contribution in [3.63, 3.8) is 0 Å². The predicted molar refractivity (Wildman–Crippen MR) is 137 cm³/mol. The van der Waals surface area contributed by atoms with Gasteiger partial charge in [-0.25, -0.2) is 14.6 Å². The molecule has 4 rings (SSSR count). The molecule has 0 aliphatic rings. The van der Waals surface area contributed by atoms with E-state index in [1.165, 1.54) is 6.07 Å². The molecular weight excluding hydrogens is 474 g/mol. The van der Waals surface area contributed by atoms with Crippen LogP contribution in [0.3, 0.4) is 0 Å². The van der Waals surface area contributed by atoms with Crippen LogP contribution >= 0.6 is 0 Å². The first-order valence-corrected chi connectivity index (χ1v) is 11.6. The van der Waals surface area contributed by atoms with E-state index in [0.29, 0.717) is 18.7 Å². The number of hydrogen-bond acceptors (Lipinski definition) is 7. The van der Waals surface area contributed by atoms with Gasteiger partial charge >= 0.3 is 12.1 Å². The van der Waals surface area contributed by atoms with Crippen LogP contribution in [-0.4, -0.2) is 45.0 Å². The first kappa shape index (κ1) is 25.5. The number of aliphatic carboxylic acids is 1. The zero-order valence-corrected chi connectivity index (χ0v) is 19.9. The molecule has 37 heavy (non-hydrogen) atoms. The summed E-state index contributed by atoms with van der Waals surface area (Å²) in [6.07, 6.45) is -1.06. The molecule has 6 N–H and O–H groups in total. The number of para-hydroxylation sites is 2. The highest BCUT2D eigenvalue weighted by Crippen LogP contribution is 2.17. The van der Waals surface area contributed by atoms with E-state index < -0.39 is 29.9 Å². The number of benzene rings is 3. The van der Waals surface area contributed by atoms with Gasteiger partial charge < -0.3 is 25.9 Å². The highest BCUT2D eigenvalue weighted by atomic mass is 16.5. The number of fused-ring (bicyclic) bond motifs is 1. The number of amides is 1. The Bertz CT molecular complexity index is 1370. The molecule has 0 radical (unpaired) electrons. The molecule has 1 amide bonds.